The highest BCUT2D eigenvalue weighted by molar-refractivity contribution is 7.57. The van der Waals surface area contributed by atoms with Crippen molar-refractivity contribution >= 4 is 331 Å². The van der Waals surface area contributed by atoms with Gasteiger partial charge >= 0.3 is 7.60 Å². The van der Waals surface area contributed by atoms with Crippen molar-refractivity contribution in [2.45, 2.75) is 41.7 Å². The zero-order valence-electron chi connectivity index (χ0n) is 41.7. The zero-order chi connectivity index (χ0) is 48.8. The molecular weight excluding hydrogens is 1010 g/mol. The third-order valence-corrected chi connectivity index (χ3v) is 32.6. The first kappa shape index (κ1) is 31.2. The minimum absolute atomic E-state index is 0.00618. The fourth-order valence-electron chi connectivity index (χ4n) is 30.2. The van der Waals surface area contributed by atoms with Gasteiger partial charge in [0.1, 0.15) is 0 Å². The van der Waals surface area contributed by atoms with E-state index in [0.29, 0.717) is 0 Å². The van der Waals surface area contributed by atoms with Crippen LogP contribution in [0, 0.1) is 11.3 Å². The second kappa shape index (κ2) is 6.95. The van der Waals surface area contributed by atoms with Crippen molar-refractivity contribution in [3.05, 3.63) is 33.4 Å². The number of nitriles is 1. The van der Waals surface area contributed by atoms with Crippen LogP contribution in [0.5, 0.6) is 0 Å². The van der Waals surface area contributed by atoms with Gasteiger partial charge in [-0.05, 0) is 370 Å². The molecule has 38 rings (SSSR count). The van der Waals surface area contributed by atoms with Crippen LogP contribution in [0.3, 0.4) is 0 Å². The Kier molecular flexibility index (Phi) is 2.67. The van der Waals surface area contributed by atoms with Gasteiger partial charge in [-0.25, -0.2) is 0 Å². The quantitative estimate of drug-likeness (QED) is 0.0979. The van der Waals surface area contributed by atoms with E-state index >= 15 is 4.57 Å². The average molecular weight is 1020 g/mol. The monoisotopic (exact) mass is 1020 g/mol. The summed E-state index contributed by atoms with van der Waals surface area (Å²) in [6.45, 7) is 4.43. The van der Waals surface area contributed by atoms with Crippen LogP contribution in [0.15, 0.2) is 0 Å². The van der Waals surface area contributed by atoms with E-state index in [9.17, 15) is 5.26 Å². The van der Waals surface area contributed by atoms with Gasteiger partial charge < -0.3 is 9.05 Å². The van der Waals surface area contributed by atoms with E-state index < -0.39 is 23.6 Å². The standard InChI is InChI=1S/C76H12NO3P/c1-3-79-81(78,80-4-2)74(5-77)75-70-62-54-44-34-27-18-12-6-7-9-11-10-8(6)14-21-16(10)25-26-17(11)22-15(9)24-20(13(7)18)29-35(27)45(44)55-49-39(29)31(24)41-33(22)43-37(26)47-46-36(25)42-32(21)40-30-23(14)19(12)28(34)38(30)48(54)58-52(40)60-50(42)56(46)64-65-57(47)51(43)61-53(41)59(49)67(71(75)63(55)62)69(61)73(65)76(74,75)72(64)68(60)66(58)70/h66,70H,3-4H2,1-2H3. The van der Waals surface area contributed by atoms with Crippen LogP contribution in [0.2, 0.25) is 0 Å². The van der Waals surface area contributed by atoms with Crippen molar-refractivity contribution < 1.29 is 13.6 Å². The normalized spacial score (nSPS) is 25.8. The predicted octanol–water partition coefficient (Wildman–Crippen LogP) is 20.4. The van der Waals surface area contributed by atoms with Gasteiger partial charge in [0.25, 0.3) is 0 Å². The lowest BCUT2D eigenvalue weighted by Crippen LogP contribution is -2.37. The number of nitrogens with zero attached hydrogens (tertiary/aromatic N) is 1. The second-order valence-corrected chi connectivity index (χ2v) is 31.7. The molecular formula is C76H12NO3P. The second-order valence-electron chi connectivity index (χ2n) is 29.5. The lowest BCUT2D eigenvalue weighted by molar-refractivity contribution is 0.210. The molecule has 5 heteroatoms. The number of rotatable bonds is 5. The van der Waals surface area contributed by atoms with E-state index in [0.717, 1.165) is 0 Å². The molecule has 0 radical (unpaired) electrons. The summed E-state index contributed by atoms with van der Waals surface area (Å²) in [6, 6.07) is 3.33. The summed E-state index contributed by atoms with van der Waals surface area (Å²) >= 11 is 0. The highest BCUT2D eigenvalue weighted by Gasteiger charge is 3.03. The summed E-state index contributed by atoms with van der Waals surface area (Å²) in [4.78, 5) is 0. The van der Waals surface area contributed by atoms with E-state index in [1.807, 2.05) is 13.8 Å². The predicted molar refractivity (Wildman–Crippen MR) is 333 cm³/mol. The van der Waals surface area contributed by atoms with Crippen LogP contribution in [0.4, 0.5) is 0 Å². The molecule has 31 aromatic carbocycles. The molecule has 0 aliphatic heterocycles. The smallest absolute Gasteiger partial charge is 0.308 e. The first-order valence-corrected chi connectivity index (χ1v) is 31.8. The fourth-order valence-corrected chi connectivity index (χ4v) is 33.1. The summed E-state index contributed by atoms with van der Waals surface area (Å²) in [5.41, 5.74) is 6.87. The summed E-state index contributed by atoms with van der Waals surface area (Å²) < 4.78 is 31.9. The van der Waals surface area contributed by atoms with E-state index in [-0.39, 0.29) is 25.0 Å². The Bertz CT molecular complexity index is 8870. The number of hydrogen-bond donors (Lipinski definition) is 0. The van der Waals surface area contributed by atoms with Crippen molar-refractivity contribution in [1.29, 1.82) is 5.26 Å². The topological polar surface area (TPSA) is 59.3 Å². The first-order valence-electron chi connectivity index (χ1n) is 30.2. The minimum atomic E-state index is -4.31. The molecule has 0 saturated heterocycles. The van der Waals surface area contributed by atoms with Crippen LogP contribution < -0.4 is 0 Å². The molecule has 0 N–H and O–H groups in total. The van der Waals surface area contributed by atoms with Gasteiger partial charge in [-0.1, -0.05) is 0 Å². The average Bonchev–Trinajstić information content (AvgIpc) is 1.42. The lowest BCUT2D eigenvalue weighted by Gasteiger charge is -2.42. The highest BCUT2D eigenvalue weighted by atomic mass is 31.2. The Labute approximate surface area is 441 Å². The molecule has 5 atom stereocenters. The van der Waals surface area contributed by atoms with E-state index in [1.165, 1.54) is 146 Å². The Balaban J connectivity index is 1.11. The summed E-state index contributed by atoms with van der Waals surface area (Å²) in [5.74, 6) is -0.133. The van der Waals surface area contributed by atoms with Crippen molar-refractivity contribution in [3.63, 3.8) is 0 Å². The SMILES string of the molecule is CCOP(=O)(OCC)C1(C#N)C23c4c5c6c7c8c9c%10c%11c%12c(c%13c%14c2c2c4c4c6c6c%15c7c7c9c9c%16c%10c%10c%12c%12c%13c%13c%14c%14c2c2c4c6c4c6c2c%14c2c%13c%13c%12c%12c%10c%16c%10c%14c9c7c7c%15c4c4c7c%14c7c%10c%12c%13c9c2c6c4c97)C31C%11C58. The molecule has 7 aliphatic rings. The number of hydrogen-bond acceptors (Lipinski definition) is 4. The molecule has 81 heavy (non-hydrogen) atoms. The number of benzene rings is 22. The molecule has 7 aliphatic carbocycles. The fraction of sp³-hybridized carbons (Fsp3) is 0.118. The Hall–Kier alpha value is -8.94. The third-order valence-electron chi connectivity index (χ3n) is 29.8. The molecule has 0 heterocycles. The molecule has 1 fully saturated rings. The maximum atomic E-state index is 17.7. The summed E-state index contributed by atoms with van der Waals surface area (Å²) in [5, 5.41) is 105. The third kappa shape index (κ3) is 1.60. The Morgan fingerprint density at radius 2 is 0.543 bits per heavy atom. The van der Waals surface area contributed by atoms with Crippen molar-refractivity contribution in [1.82, 2.24) is 0 Å². The van der Waals surface area contributed by atoms with Gasteiger partial charge in [0.15, 0.2) is 5.16 Å². The van der Waals surface area contributed by atoms with Gasteiger partial charge in [0.05, 0.1) is 30.1 Å². The molecule has 1 saturated carbocycles. The van der Waals surface area contributed by atoms with E-state index in [2.05, 4.69) is 6.07 Å². The highest BCUT2D eigenvalue weighted by Crippen LogP contribution is 3.02. The minimum Gasteiger partial charge on any atom is -0.308 e. The van der Waals surface area contributed by atoms with Gasteiger partial charge in [-0.2, -0.15) is 5.26 Å². The molecule has 2 spiro atoms. The lowest BCUT2D eigenvalue weighted by atomic mass is 9.58. The van der Waals surface area contributed by atoms with Crippen molar-refractivity contribution in [2.75, 3.05) is 13.2 Å². The van der Waals surface area contributed by atoms with Crippen molar-refractivity contribution in [2.24, 2.45) is 0 Å². The molecule has 31 aromatic rings. The first-order chi connectivity index (χ1) is 40.2. The molecule has 4 nitrogen and oxygen atoms in total. The van der Waals surface area contributed by atoms with Gasteiger partial charge in [-0.3, -0.25) is 4.57 Å². The van der Waals surface area contributed by atoms with E-state index in [4.69, 9.17) is 9.05 Å². The van der Waals surface area contributed by atoms with Gasteiger partial charge in [0, 0.05) is 11.8 Å². The summed E-state index contributed by atoms with van der Waals surface area (Å²) in [6.07, 6.45) is 0. The largest absolute Gasteiger partial charge is 0.353 e. The zero-order valence-corrected chi connectivity index (χ0v) is 42.6. The van der Waals surface area contributed by atoms with Gasteiger partial charge in [-0.15, -0.1) is 0 Å². The van der Waals surface area contributed by atoms with Crippen LogP contribution in [0.1, 0.15) is 59.1 Å². The van der Waals surface area contributed by atoms with Crippen LogP contribution in [-0.2, 0) is 24.4 Å². The van der Waals surface area contributed by atoms with Gasteiger partial charge in [0.2, 0.25) is 0 Å². The Morgan fingerprint density at radius 1 is 0.309 bits per heavy atom. The van der Waals surface area contributed by atoms with Crippen LogP contribution in [-0.4, -0.2) is 18.4 Å². The maximum absolute atomic E-state index is 17.7. The van der Waals surface area contributed by atoms with E-state index in [1.54, 1.807) is 210 Å². The summed E-state index contributed by atoms with van der Waals surface area (Å²) in [7, 11) is -4.31. The molecule has 0 amide bonds. The van der Waals surface area contributed by atoms with Crippen LogP contribution >= 0.6 is 7.60 Å². The Morgan fingerprint density at radius 3 is 0.840 bits per heavy atom. The molecule has 0 aromatic heterocycles. The maximum Gasteiger partial charge on any atom is 0.353 e. The molecule has 5 unspecified atom stereocenters. The molecule has 344 valence electrons. The van der Waals surface area contributed by atoms with Crippen LogP contribution in [0.25, 0.3) is 323 Å². The molecule has 0 bridgehead atoms. The van der Waals surface area contributed by atoms with Crippen molar-refractivity contribution in [3.8, 4) is 6.07 Å².